The number of hydrogen-bond donors (Lipinski definition) is 1. The van der Waals surface area contributed by atoms with Crippen molar-refractivity contribution >= 4 is 11.0 Å². The van der Waals surface area contributed by atoms with Gasteiger partial charge in [0, 0.05) is 13.1 Å². The summed E-state index contributed by atoms with van der Waals surface area (Å²) in [5, 5.41) is 0. The highest BCUT2D eigenvalue weighted by Crippen LogP contribution is 2.27. The van der Waals surface area contributed by atoms with Gasteiger partial charge in [0.1, 0.15) is 11.6 Å². The van der Waals surface area contributed by atoms with Crippen LogP contribution in [0.2, 0.25) is 0 Å². The Morgan fingerprint density at radius 1 is 1.12 bits per heavy atom. The minimum atomic E-state index is -0.270. The molecular weight excluding hydrogens is 327 g/mol. The van der Waals surface area contributed by atoms with Gasteiger partial charge in [-0.15, -0.1) is 0 Å². The quantitative estimate of drug-likeness (QED) is 0.664. The fourth-order valence-electron chi connectivity index (χ4n) is 3.37. The van der Waals surface area contributed by atoms with Crippen LogP contribution in [-0.2, 0) is 13.1 Å². The van der Waals surface area contributed by atoms with E-state index in [4.69, 9.17) is 10.7 Å². The van der Waals surface area contributed by atoms with Gasteiger partial charge in [-0.1, -0.05) is 32.0 Å². The Morgan fingerprint density at radius 2 is 1.88 bits per heavy atom. The fourth-order valence-corrected chi connectivity index (χ4v) is 3.37. The Balaban J connectivity index is 1.97. The van der Waals surface area contributed by atoms with Crippen molar-refractivity contribution in [3.8, 4) is 11.4 Å². The number of nitrogens with zero attached hydrogens (tertiary/aromatic N) is 3. The molecule has 2 N–H and O–H groups in total. The maximum Gasteiger partial charge on any atom is 0.144 e. The van der Waals surface area contributed by atoms with E-state index in [2.05, 4.69) is 29.4 Å². The lowest BCUT2D eigenvalue weighted by atomic mass is 10.1. The number of fused-ring (bicyclic) bond motifs is 1. The van der Waals surface area contributed by atoms with Crippen LogP contribution in [0.25, 0.3) is 22.4 Å². The van der Waals surface area contributed by atoms with Crippen LogP contribution in [0, 0.1) is 5.82 Å². The molecule has 0 atom stereocenters. The zero-order chi connectivity index (χ0) is 18.5. The van der Waals surface area contributed by atoms with E-state index in [0.717, 1.165) is 49.2 Å². The molecule has 0 aliphatic rings. The average Bonchev–Trinajstić information content (AvgIpc) is 3.03. The number of imidazole rings is 1. The molecule has 0 bridgehead atoms. The molecule has 1 aromatic heterocycles. The summed E-state index contributed by atoms with van der Waals surface area (Å²) < 4.78 is 16.8. The standard InChI is InChI=1S/C21H27FN4/c1-3-25(4-2)12-7-13-26-20-9-6-5-8-19(20)24-21(26)17-11-10-16(15-23)14-18(17)22/h5-6,8-11,14H,3-4,7,12-13,15,23H2,1-2H3. The topological polar surface area (TPSA) is 47.1 Å². The molecule has 0 radical (unpaired) electrons. The lowest BCUT2D eigenvalue weighted by Crippen LogP contribution is -2.24. The van der Waals surface area contributed by atoms with Crippen LogP contribution in [0.1, 0.15) is 25.8 Å². The molecular formula is C21H27FN4. The minimum Gasteiger partial charge on any atom is -0.326 e. The van der Waals surface area contributed by atoms with Gasteiger partial charge in [-0.2, -0.15) is 0 Å². The SMILES string of the molecule is CCN(CC)CCCn1c(-c2ccc(CN)cc2F)nc2ccccc21. The molecule has 1 heterocycles. The maximum atomic E-state index is 14.7. The summed E-state index contributed by atoms with van der Waals surface area (Å²) in [6.45, 7) is 8.60. The summed E-state index contributed by atoms with van der Waals surface area (Å²) in [6, 6.07) is 13.2. The Hall–Kier alpha value is -2.24. The van der Waals surface area contributed by atoms with Crippen LogP contribution >= 0.6 is 0 Å². The van der Waals surface area contributed by atoms with Crippen molar-refractivity contribution in [1.29, 1.82) is 0 Å². The molecule has 0 saturated carbocycles. The Kier molecular flexibility index (Phi) is 6.01. The summed E-state index contributed by atoms with van der Waals surface area (Å²) in [6.07, 6.45) is 0.998. The normalized spacial score (nSPS) is 11.6. The third-order valence-corrected chi connectivity index (χ3v) is 4.92. The largest absolute Gasteiger partial charge is 0.326 e. The van der Waals surface area contributed by atoms with E-state index in [1.54, 1.807) is 6.07 Å². The number of rotatable bonds is 8. The van der Waals surface area contributed by atoms with Gasteiger partial charge in [0.05, 0.1) is 16.6 Å². The predicted molar refractivity (Wildman–Crippen MR) is 105 cm³/mol. The molecule has 0 spiro atoms. The molecule has 3 aromatic rings. The van der Waals surface area contributed by atoms with E-state index in [0.29, 0.717) is 17.9 Å². The number of hydrogen-bond acceptors (Lipinski definition) is 3. The number of halogens is 1. The molecule has 2 aromatic carbocycles. The number of para-hydroxylation sites is 2. The van der Waals surface area contributed by atoms with Crippen molar-refractivity contribution < 1.29 is 4.39 Å². The van der Waals surface area contributed by atoms with Gasteiger partial charge in [0.2, 0.25) is 0 Å². The van der Waals surface area contributed by atoms with Crippen LogP contribution in [0.15, 0.2) is 42.5 Å². The van der Waals surface area contributed by atoms with E-state index in [-0.39, 0.29) is 5.82 Å². The smallest absolute Gasteiger partial charge is 0.144 e. The van der Waals surface area contributed by atoms with Crippen molar-refractivity contribution in [2.45, 2.75) is 33.4 Å². The highest BCUT2D eigenvalue weighted by atomic mass is 19.1. The predicted octanol–water partition coefficient (Wildman–Crippen LogP) is 4.03. The molecule has 26 heavy (non-hydrogen) atoms. The highest BCUT2D eigenvalue weighted by Gasteiger charge is 2.16. The van der Waals surface area contributed by atoms with Gasteiger partial charge in [-0.05, 0) is 55.9 Å². The lowest BCUT2D eigenvalue weighted by molar-refractivity contribution is 0.294. The summed E-state index contributed by atoms with van der Waals surface area (Å²) in [5.74, 6) is 0.417. The Labute approximate surface area is 154 Å². The van der Waals surface area contributed by atoms with E-state index >= 15 is 0 Å². The maximum absolute atomic E-state index is 14.7. The van der Waals surface area contributed by atoms with Gasteiger partial charge < -0.3 is 15.2 Å². The molecule has 0 aliphatic heterocycles. The first-order chi connectivity index (χ1) is 12.7. The van der Waals surface area contributed by atoms with Crippen LogP contribution in [0.5, 0.6) is 0 Å². The second-order valence-corrected chi connectivity index (χ2v) is 6.47. The molecule has 0 saturated heterocycles. The molecule has 138 valence electrons. The minimum absolute atomic E-state index is 0.270. The number of benzene rings is 2. The Morgan fingerprint density at radius 3 is 2.58 bits per heavy atom. The Bertz CT molecular complexity index is 868. The van der Waals surface area contributed by atoms with Crippen molar-refractivity contribution in [2.75, 3.05) is 19.6 Å². The van der Waals surface area contributed by atoms with E-state index in [1.165, 1.54) is 6.07 Å². The van der Waals surface area contributed by atoms with Crippen molar-refractivity contribution in [2.24, 2.45) is 5.73 Å². The lowest BCUT2D eigenvalue weighted by Gasteiger charge is -2.18. The summed E-state index contributed by atoms with van der Waals surface area (Å²) >= 11 is 0. The molecule has 0 amide bonds. The first-order valence-corrected chi connectivity index (χ1v) is 9.34. The molecule has 0 fully saturated rings. The second kappa shape index (κ2) is 8.43. The molecule has 0 unspecified atom stereocenters. The molecule has 5 heteroatoms. The number of aromatic nitrogens is 2. The monoisotopic (exact) mass is 354 g/mol. The van der Waals surface area contributed by atoms with Crippen molar-refractivity contribution in [1.82, 2.24) is 14.5 Å². The molecule has 3 rings (SSSR count). The highest BCUT2D eigenvalue weighted by molar-refractivity contribution is 5.80. The van der Waals surface area contributed by atoms with Gasteiger partial charge in [-0.3, -0.25) is 0 Å². The van der Waals surface area contributed by atoms with Gasteiger partial charge >= 0.3 is 0 Å². The third-order valence-electron chi connectivity index (χ3n) is 4.92. The van der Waals surface area contributed by atoms with Crippen LogP contribution < -0.4 is 5.73 Å². The third kappa shape index (κ3) is 3.79. The van der Waals surface area contributed by atoms with Crippen LogP contribution in [0.3, 0.4) is 0 Å². The average molecular weight is 354 g/mol. The summed E-state index contributed by atoms with van der Waals surface area (Å²) in [7, 11) is 0. The van der Waals surface area contributed by atoms with Gasteiger partial charge in [0.25, 0.3) is 0 Å². The van der Waals surface area contributed by atoms with Crippen LogP contribution in [0.4, 0.5) is 4.39 Å². The fraction of sp³-hybridized carbons (Fsp3) is 0.381. The summed E-state index contributed by atoms with van der Waals surface area (Å²) in [4.78, 5) is 7.11. The van der Waals surface area contributed by atoms with E-state index in [9.17, 15) is 4.39 Å². The molecule has 0 aliphatic carbocycles. The molecule has 4 nitrogen and oxygen atoms in total. The van der Waals surface area contributed by atoms with Gasteiger partial charge in [-0.25, -0.2) is 9.37 Å². The second-order valence-electron chi connectivity index (χ2n) is 6.47. The van der Waals surface area contributed by atoms with E-state index < -0.39 is 0 Å². The van der Waals surface area contributed by atoms with Crippen LogP contribution in [-0.4, -0.2) is 34.1 Å². The number of aryl methyl sites for hydroxylation is 1. The zero-order valence-electron chi connectivity index (χ0n) is 15.6. The first kappa shape index (κ1) is 18.5. The first-order valence-electron chi connectivity index (χ1n) is 9.34. The zero-order valence-corrected chi connectivity index (χ0v) is 15.6. The van der Waals surface area contributed by atoms with Gasteiger partial charge in [0.15, 0.2) is 0 Å². The summed E-state index contributed by atoms with van der Waals surface area (Å²) in [5.41, 5.74) is 8.88. The van der Waals surface area contributed by atoms with Crippen molar-refractivity contribution in [3.63, 3.8) is 0 Å². The number of nitrogens with two attached hydrogens (primary N) is 1. The van der Waals surface area contributed by atoms with Crippen molar-refractivity contribution in [3.05, 3.63) is 53.8 Å². The van der Waals surface area contributed by atoms with E-state index in [1.807, 2.05) is 24.3 Å².